The highest BCUT2D eigenvalue weighted by atomic mass is 16.5. The second kappa shape index (κ2) is 5.06. The van der Waals surface area contributed by atoms with E-state index in [-0.39, 0.29) is 11.6 Å². The van der Waals surface area contributed by atoms with E-state index in [0.29, 0.717) is 11.3 Å². The van der Waals surface area contributed by atoms with Crippen LogP contribution in [0.2, 0.25) is 0 Å². The van der Waals surface area contributed by atoms with Gasteiger partial charge in [0.2, 0.25) is 0 Å². The average molecular weight is 258 g/mol. The number of hydrogen-bond acceptors (Lipinski definition) is 4. The lowest BCUT2D eigenvalue weighted by Gasteiger charge is -2.09. The maximum absolute atomic E-state index is 11.0. The molecule has 1 heterocycles. The Kier molecular flexibility index (Phi) is 3.46. The molecular weight excluding hydrogens is 244 g/mol. The van der Waals surface area contributed by atoms with Crippen molar-refractivity contribution in [3.05, 3.63) is 46.8 Å². The molecule has 0 aliphatic rings. The van der Waals surface area contributed by atoms with E-state index in [0.717, 1.165) is 11.4 Å². The van der Waals surface area contributed by atoms with Crippen molar-refractivity contribution in [2.75, 3.05) is 0 Å². The monoisotopic (exact) mass is 258 g/mol. The Labute approximate surface area is 110 Å². The molecule has 0 fully saturated rings. The highest BCUT2D eigenvalue weighted by Crippen LogP contribution is 2.25. The summed E-state index contributed by atoms with van der Waals surface area (Å²) >= 11 is 0. The number of nitrogens with zero attached hydrogens (tertiary/aromatic N) is 2. The predicted molar refractivity (Wildman–Crippen MR) is 69.7 cm³/mol. The summed E-state index contributed by atoms with van der Waals surface area (Å²) in [4.78, 5) is 19.4. The van der Waals surface area contributed by atoms with Crippen molar-refractivity contribution in [2.45, 2.75) is 20.8 Å². The summed E-state index contributed by atoms with van der Waals surface area (Å²) in [5, 5.41) is 9.06. The third kappa shape index (κ3) is 2.88. The van der Waals surface area contributed by atoms with Gasteiger partial charge in [0, 0.05) is 17.0 Å². The number of rotatable bonds is 3. The third-order valence-electron chi connectivity index (χ3n) is 2.68. The maximum atomic E-state index is 11.0. The maximum Gasteiger partial charge on any atom is 0.336 e. The molecule has 5 nitrogen and oxygen atoms in total. The molecule has 98 valence electrons. The minimum absolute atomic E-state index is 0.210. The van der Waals surface area contributed by atoms with Crippen LogP contribution in [-0.2, 0) is 0 Å². The minimum atomic E-state index is -0.982. The second-order valence-electron chi connectivity index (χ2n) is 4.27. The van der Waals surface area contributed by atoms with Crippen LogP contribution in [0.15, 0.2) is 24.3 Å². The Morgan fingerprint density at radius 1 is 1.16 bits per heavy atom. The standard InChI is InChI=1S/C14H14N2O3/c1-8-7-9(2)16-14(15-8)19-12-6-4-5-11(10(12)3)13(17)18/h4-7H,1-3H3,(H,17,18). The van der Waals surface area contributed by atoms with Crippen LogP contribution in [0.5, 0.6) is 11.8 Å². The van der Waals surface area contributed by atoms with Crippen LogP contribution in [0, 0.1) is 20.8 Å². The highest BCUT2D eigenvalue weighted by molar-refractivity contribution is 5.90. The summed E-state index contributed by atoms with van der Waals surface area (Å²) in [6, 6.07) is 6.93. The van der Waals surface area contributed by atoms with Crippen LogP contribution in [-0.4, -0.2) is 21.0 Å². The summed E-state index contributed by atoms with van der Waals surface area (Å²) in [5.41, 5.74) is 2.36. The zero-order valence-corrected chi connectivity index (χ0v) is 11.0. The Morgan fingerprint density at radius 2 is 1.79 bits per heavy atom. The van der Waals surface area contributed by atoms with Crippen LogP contribution in [0.1, 0.15) is 27.3 Å². The smallest absolute Gasteiger partial charge is 0.336 e. The zero-order valence-electron chi connectivity index (χ0n) is 11.0. The third-order valence-corrected chi connectivity index (χ3v) is 2.68. The molecule has 0 aliphatic carbocycles. The fourth-order valence-corrected chi connectivity index (χ4v) is 1.79. The van der Waals surface area contributed by atoms with Crippen LogP contribution >= 0.6 is 0 Å². The fraction of sp³-hybridized carbons (Fsp3) is 0.214. The summed E-state index contributed by atoms with van der Waals surface area (Å²) in [5.74, 6) is -0.533. The molecule has 0 amide bonds. The SMILES string of the molecule is Cc1cc(C)nc(Oc2cccc(C(=O)O)c2C)n1. The molecule has 0 saturated heterocycles. The van der Waals surface area contributed by atoms with Gasteiger partial charge >= 0.3 is 12.0 Å². The number of ether oxygens (including phenoxy) is 1. The Bertz CT molecular complexity index is 618. The number of hydrogen-bond donors (Lipinski definition) is 1. The first-order valence-electron chi connectivity index (χ1n) is 5.80. The van der Waals surface area contributed by atoms with Crippen LogP contribution in [0.25, 0.3) is 0 Å². The van der Waals surface area contributed by atoms with Crippen LogP contribution in [0.3, 0.4) is 0 Å². The van der Waals surface area contributed by atoms with Crippen LogP contribution < -0.4 is 4.74 Å². The lowest BCUT2D eigenvalue weighted by Crippen LogP contribution is -2.02. The van der Waals surface area contributed by atoms with Gasteiger partial charge in [0.25, 0.3) is 0 Å². The van der Waals surface area contributed by atoms with Crippen molar-refractivity contribution in [3.63, 3.8) is 0 Å². The molecular formula is C14H14N2O3. The second-order valence-corrected chi connectivity index (χ2v) is 4.27. The normalized spacial score (nSPS) is 10.3. The van der Waals surface area contributed by atoms with E-state index in [1.807, 2.05) is 19.9 Å². The highest BCUT2D eigenvalue weighted by Gasteiger charge is 2.12. The molecule has 0 aliphatic heterocycles. The van der Waals surface area contributed by atoms with Gasteiger partial charge in [-0.25, -0.2) is 14.8 Å². The van der Waals surface area contributed by atoms with Crippen LogP contribution in [0.4, 0.5) is 0 Å². The number of aromatic carboxylic acids is 1. The van der Waals surface area contributed by atoms with Gasteiger partial charge in [-0.05, 0) is 39.0 Å². The molecule has 0 saturated carbocycles. The van der Waals surface area contributed by atoms with Crippen molar-refractivity contribution >= 4 is 5.97 Å². The lowest BCUT2D eigenvalue weighted by atomic mass is 10.1. The average Bonchev–Trinajstić information content (AvgIpc) is 2.30. The Balaban J connectivity index is 2.38. The number of benzene rings is 1. The van der Waals surface area contributed by atoms with E-state index in [1.165, 1.54) is 6.07 Å². The molecule has 19 heavy (non-hydrogen) atoms. The van der Waals surface area contributed by atoms with Crippen molar-refractivity contribution in [1.82, 2.24) is 9.97 Å². The number of carboxylic acid groups (broad SMARTS) is 1. The number of carbonyl (C=O) groups is 1. The van der Waals surface area contributed by atoms with E-state index in [2.05, 4.69) is 9.97 Å². The van der Waals surface area contributed by atoms with E-state index >= 15 is 0 Å². The van der Waals surface area contributed by atoms with Gasteiger partial charge in [-0.1, -0.05) is 6.07 Å². The molecule has 1 N–H and O–H groups in total. The first kappa shape index (κ1) is 13.0. The predicted octanol–water partition coefficient (Wildman–Crippen LogP) is 2.89. The number of aryl methyl sites for hydroxylation is 2. The van der Waals surface area contributed by atoms with Crippen molar-refractivity contribution < 1.29 is 14.6 Å². The van der Waals surface area contributed by atoms with E-state index in [9.17, 15) is 4.79 Å². The lowest BCUT2D eigenvalue weighted by molar-refractivity contribution is 0.0695. The van der Waals surface area contributed by atoms with Gasteiger partial charge < -0.3 is 9.84 Å². The Hall–Kier alpha value is -2.43. The van der Waals surface area contributed by atoms with Gasteiger partial charge in [0.1, 0.15) is 5.75 Å². The molecule has 0 radical (unpaired) electrons. The molecule has 1 aromatic carbocycles. The Morgan fingerprint density at radius 3 is 2.37 bits per heavy atom. The number of carboxylic acids is 1. The quantitative estimate of drug-likeness (QED) is 0.916. The molecule has 0 bridgehead atoms. The van der Waals surface area contributed by atoms with Gasteiger partial charge in [0.15, 0.2) is 0 Å². The largest absolute Gasteiger partial charge is 0.478 e. The molecule has 1 aromatic heterocycles. The van der Waals surface area contributed by atoms with Crippen molar-refractivity contribution in [2.24, 2.45) is 0 Å². The van der Waals surface area contributed by atoms with E-state index < -0.39 is 5.97 Å². The first-order valence-corrected chi connectivity index (χ1v) is 5.80. The van der Waals surface area contributed by atoms with Crippen molar-refractivity contribution in [1.29, 1.82) is 0 Å². The minimum Gasteiger partial charge on any atom is -0.478 e. The van der Waals surface area contributed by atoms with E-state index in [4.69, 9.17) is 9.84 Å². The van der Waals surface area contributed by atoms with E-state index in [1.54, 1.807) is 19.1 Å². The summed E-state index contributed by atoms with van der Waals surface area (Å²) < 4.78 is 5.58. The summed E-state index contributed by atoms with van der Waals surface area (Å²) in [6.45, 7) is 5.39. The molecule has 5 heteroatoms. The van der Waals surface area contributed by atoms with Gasteiger partial charge in [-0.3, -0.25) is 0 Å². The van der Waals surface area contributed by atoms with Gasteiger partial charge in [0.05, 0.1) is 5.56 Å². The fourth-order valence-electron chi connectivity index (χ4n) is 1.79. The van der Waals surface area contributed by atoms with Gasteiger partial charge in [-0.2, -0.15) is 0 Å². The molecule has 2 rings (SSSR count). The number of aromatic nitrogens is 2. The van der Waals surface area contributed by atoms with Crippen molar-refractivity contribution in [3.8, 4) is 11.8 Å². The first-order chi connectivity index (χ1) is 8.97. The van der Waals surface area contributed by atoms with Gasteiger partial charge in [-0.15, -0.1) is 0 Å². The topological polar surface area (TPSA) is 72.3 Å². The summed E-state index contributed by atoms with van der Waals surface area (Å²) in [6.07, 6.45) is 0. The summed E-state index contributed by atoms with van der Waals surface area (Å²) in [7, 11) is 0. The molecule has 2 aromatic rings. The molecule has 0 spiro atoms. The molecule has 0 unspecified atom stereocenters. The zero-order chi connectivity index (χ0) is 14.0. The molecule has 0 atom stereocenters.